The summed E-state index contributed by atoms with van der Waals surface area (Å²) in [7, 11) is 0. The Morgan fingerprint density at radius 2 is 1.94 bits per heavy atom. The summed E-state index contributed by atoms with van der Waals surface area (Å²) in [6.45, 7) is 6.82. The third-order valence-corrected chi connectivity index (χ3v) is 5.57. The number of amides is 1. The summed E-state index contributed by atoms with van der Waals surface area (Å²) in [6.07, 6.45) is 6.02. The quantitative estimate of drug-likeness (QED) is 0.299. The average Bonchev–Trinajstić information content (AvgIpc) is 2.81. The molecule has 1 aromatic carbocycles. The number of hydrogen-bond acceptors (Lipinski definition) is 4. The molecule has 0 aromatic heterocycles. The van der Waals surface area contributed by atoms with E-state index in [9.17, 15) is 4.79 Å². The molecule has 0 aliphatic carbocycles. The SMILES string of the molecule is CCNC(=NCC(=O)NCc1ccccc1)N1CCC(OCC2CCCCO2)CC1.I. The molecule has 2 aliphatic rings. The number of piperidine rings is 1. The van der Waals surface area contributed by atoms with Crippen LogP contribution in [0.2, 0.25) is 0 Å². The average molecular weight is 544 g/mol. The number of benzene rings is 1. The number of nitrogens with one attached hydrogen (secondary N) is 2. The van der Waals surface area contributed by atoms with Gasteiger partial charge >= 0.3 is 0 Å². The van der Waals surface area contributed by atoms with Gasteiger partial charge in [0, 0.05) is 32.8 Å². The first-order chi connectivity index (χ1) is 14.7. The molecular formula is C23H37IN4O3. The maximum atomic E-state index is 12.2. The Morgan fingerprint density at radius 1 is 1.16 bits per heavy atom. The van der Waals surface area contributed by atoms with E-state index in [1.54, 1.807) is 0 Å². The fourth-order valence-corrected chi connectivity index (χ4v) is 3.84. The fourth-order valence-electron chi connectivity index (χ4n) is 3.84. The third kappa shape index (κ3) is 9.33. The molecule has 1 amide bonds. The van der Waals surface area contributed by atoms with E-state index in [4.69, 9.17) is 9.47 Å². The van der Waals surface area contributed by atoms with Gasteiger partial charge in [-0.15, -0.1) is 24.0 Å². The van der Waals surface area contributed by atoms with Crippen LogP contribution in [0.5, 0.6) is 0 Å². The molecule has 31 heavy (non-hydrogen) atoms. The van der Waals surface area contributed by atoms with Crippen molar-refractivity contribution in [1.29, 1.82) is 0 Å². The van der Waals surface area contributed by atoms with Gasteiger partial charge in [0.15, 0.2) is 5.96 Å². The molecule has 7 nitrogen and oxygen atoms in total. The van der Waals surface area contributed by atoms with Crippen molar-refractivity contribution >= 4 is 35.8 Å². The Morgan fingerprint density at radius 3 is 2.61 bits per heavy atom. The Hall–Kier alpha value is -1.39. The molecule has 2 N–H and O–H groups in total. The molecule has 2 aliphatic heterocycles. The predicted octanol–water partition coefficient (Wildman–Crippen LogP) is 2.94. The van der Waals surface area contributed by atoms with Gasteiger partial charge in [0.2, 0.25) is 5.91 Å². The minimum atomic E-state index is -0.0695. The lowest BCUT2D eigenvalue weighted by molar-refractivity contribution is -0.119. The van der Waals surface area contributed by atoms with Crippen molar-refractivity contribution in [2.45, 2.75) is 57.8 Å². The Bertz CT molecular complexity index is 660. The number of carbonyl (C=O) groups excluding carboxylic acids is 1. The van der Waals surface area contributed by atoms with Crippen LogP contribution in [0, 0.1) is 0 Å². The molecule has 2 fully saturated rings. The van der Waals surface area contributed by atoms with Crippen LogP contribution in [0.1, 0.15) is 44.6 Å². The topological polar surface area (TPSA) is 75.2 Å². The van der Waals surface area contributed by atoms with Crippen molar-refractivity contribution in [2.24, 2.45) is 4.99 Å². The lowest BCUT2D eigenvalue weighted by atomic mass is 10.1. The summed E-state index contributed by atoms with van der Waals surface area (Å²) in [4.78, 5) is 19.0. The number of halogens is 1. The summed E-state index contributed by atoms with van der Waals surface area (Å²) in [5, 5.41) is 6.25. The molecule has 8 heteroatoms. The normalized spacial score (nSPS) is 20.1. The van der Waals surface area contributed by atoms with Crippen LogP contribution >= 0.6 is 24.0 Å². The standard InChI is InChI=1S/C23H36N4O3.HI/c1-2-24-23(26-17-22(28)25-16-19-8-4-3-5-9-19)27-13-11-20(12-14-27)30-18-21-10-6-7-15-29-21;/h3-5,8-9,20-21H,2,6-7,10-18H2,1H3,(H,24,26)(H,25,28);1H. The summed E-state index contributed by atoms with van der Waals surface area (Å²) < 4.78 is 11.9. The zero-order valence-corrected chi connectivity index (χ0v) is 20.9. The maximum absolute atomic E-state index is 12.2. The van der Waals surface area contributed by atoms with Crippen LogP contribution in [-0.2, 0) is 20.8 Å². The number of nitrogens with zero attached hydrogens (tertiary/aromatic N) is 2. The highest BCUT2D eigenvalue weighted by Gasteiger charge is 2.23. The van der Waals surface area contributed by atoms with Gasteiger partial charge in [0.05, 0.1) is 18.8 Å². The van der Waals surface area contributed by atoms with Gasteiger partial charge < -0.3 is 25.0 Å². The van der Waals surface area contributed by atoms with Crippen molar-refractivity contribution < 1.29 is 14.3 Å². The van der Waals surface area contributed by atoms with Crippen LogP contribution in [0.4, 0.5) is 0 Å². The summed E-state index contributed by atoms with van der Waals surface area (Å²) in [6, 6.07) is 9.91. The Kier molecular flexibility index (Phi) is 12.2. The van der Waals surface area contributed by atoms with Crippen LogP contribution in [0.3, 0.4) is 0 Å². The Balaban J connectivity index is 0.00000341. The first-order valence-corrected chi connectivity index (χ1v) is 11.3. The Labute approximate surface area is 203 Å². The van der Waals surface area contributed by atoms with Gasteiger partial charge in [-0.3, -0.25) is 4.79 Å². The zero-order chi connectivity index (χ0) is 21.0. The molecule has 1 unspecified atom stereocenters. The number of carbonyl (C=O) groups is 1. The van der Waals surface area contributed by atoms with Gasteiger partial charge in [-0.2, -0.15) is 0 Å². The van der Waals surface area contributed by atoms with Gasteiger partial charge in [-0.1, -0.05) is 30.3 Å². The summed E-state index contributed by atoms with van der Waals surface area (Å²) in [5.74, 6) is 0.737. The number of guanidine groups is 1. The highest BCUT2D eigenvalue weighted by molar-refractivity contribution is 14.0. The maximum Gasteiger partial charge on any atom is 0.242 e. The first-order valence-electron chi connectivity index (χ1n) is 11.3. The van der Waals surface area contributed by atoms with E-state index in [0.717, 1.165) is 57.0 Å². The molecule has 3 rings (SSSR count). The number of aliphatic imine (C=N–C) groups is 1. The number of hydrogen-bond donors (Lipinski definition) is 2. The molecule has 1 atom stereocenters. The lowest BCUT2D eigenvalue weighted by Gasteiger charge is -2.35. The van der Waals surface area contributed by atoms with Crippen molar-refractivity contribution in [1.82, 2.24) is 15.5 Å². The lowest BCUT2D eigenvalue weighted by Crippen LogP contribution is -2.47. The molecule has 0 bridgehead atoms. The largest absolute Gasteiger partial charge is 0.376 e. The molecule has 174 valence electrons. The predicted molar refractivity (Wildman–Crippen MR) is 134 cm³/mol. The van der Waals surface area contributed by atoms with Crippen LogP contribution in [0.25, 0.3) is 0 Å². The van der Waals surface area contributed by atoms with Crippen LogP contribution in [0.15, 0.2) is 35.3 Å². The molecule has 2 saturated heterocycles. The van der Waals surface area contributed by atoms with Crippen LogP contribution < -0.4 is 10.6 Å². The van der Waals surface area contributed by atoms with E-state index < -0.39 is 0 Å². The highest BCUT2D eigenvalue weighted by Crippen LogP contribution is 2.18. The van der Waals surface area contributed by atoms with Crippen molar-refractivity contribution in [3.63, 3.8) is 0 Å². The van der Waals surface area contributed by atoms with Crippen LogP contribution in [-0.4, -0.2) is 68.4 Å². The molecule has 1 aromatic rings. The van der Waals surface area contributed by atoms with E-state index >= 15 is 0 Å². The smallest absolute Gasteiger partial charge is 0.242 e. The van der Waals surface area contributed by atoms with Gasteiger partial charge in [-0.25, -0.2) is 4.99 Å². The van der Waals surface area contributed by atoms with E-state index in [1.807, 2.05) is 37.3 Å². The minimum absolute atomic E-state index is 0. The molecule has 2 heterocycles. The second-order valence-electron chi connectivity index (χ2n) is 7.94. The number of rotatable bonds is 8. The van der Waals surface area contributed by atoms with E-state index in [1.165, 1.54) is 12.8 Å². The van der Waals surface area contributed by atoms with E-state index in [0.29, 0.717) is 13.2 Å². The number of likely N-dealkylation sites (tertiary alicyclic amines) is 1. The van der Waals surface area contributed by atoms with Crippen molar-refractivity contribution in [3.8, 4) is 0 Å². The fraction of sp³-hybridized carbons (Fsp3) is 0.652. The minimum Gasteiger partial charge on any atom is -0.376 e. The third-order valence-electron chi connectivity index (χ3n) is 5.57. The summed E-state index contributed by atoms with van der Waals surface area (Å²) >= 11 is 0. The number of ether oxygens (including phenoxy) is 2. The highest BCUT2D eigenvalue weighted by atomic mass is 127. The first kappa shape index (κ1) is 25.9. The second-order valence-corrected chi connectivity index (χ2v) is 7.94. The van der Waals surface area contributed by atoms with Crippen molar-refractivity contribution in [3.05, 3.63) is 35.9 Å². The summed E-state index contributed by atoms with van der Waals surface area (Å²) in [5.41, 5.74) is 1.09. The molecule has 0 saturated carbocycles. The molecular weight excluding hydrogens is 507 g/mol. The van der Waals surface area contributed by atoms with E-state index in [-0.39, 0.29) is 48.6 Å². The van der Waals surface area contributed by atoms with E-state index in [2.05, 4.69) is 20.5 Å². The van der Waals surface area contributed by atoms with Gasteiger partial charge in [0.25, 0.3) is 0 Å². The molecule has 0 spiro atoms. The monoisotopic (exact) mass is 544 g/mol. The second kappa shape index (κ2) is 14.6. The molecule has 0 radical (unpaired) electrons. The van der Waals surface area contributed by atoms with Crippen molar-refractivity contribution in [2.75, 3.05) is 39.4 Å². The van der Waals surface area contributed by atoms with Gasteiger partial charge in [0.1, 0.15) is 6.54 Å². The zero-order valence-electron chi connectivity index (χ0n) is 18.6. The van der Waals surface area contributed by atoms with Gasteiger partial charge in [-0.05, 0) is 44.6 Å².